The van der Waals surface area contributed by atoms with E-state index in [0.29, 0.717) is 37.3 Å². The van der Waals surface area contributed by atoms with Crippen LogP contribution in [0.4, 0.5) is 5.69 Å². The van der Waals surface area contributed by atoms with Gasteiger partial charge in [-0.1, -0.05) is 18.2 Å². The minimum atomic E-state index is -0.475. The van der Waals surface area contributed by atoms with Gasteiger partial charge in [0.15, 0.2) is 5.78 Å². The zero-order valence-corrected chi connectivity index (χ0v) is 15.6. The Labute approximate surface area is 162 Å². The first-order valence-electron chi connectivity index (χ1n) is 9.30. The van der Waals surface area contributed by atoms with Crippen molar-refractivity contribution < 1.29 is 14.4 Å². The first kappa shape index (κ1) is 18.0. The number of anilines is 1. The van der Waals surface area contributed by atoms with E-state index in [9.17, 15) is 14.4 Å². The highest BCUT2D eigenvalue weighted by atomic mass is 16.2. The molecule has 0 aliphatic carbocycles. The van der Waals surface area contributed by atoms with Gasteiger partial charge in [0, 0.05) is 54.5 Å². The minimum absolute atomic E-state index is 0.0396. The predicted molar refractivity (Wildman–Crippen MR) is 108 cm³/mol. The molecule has 0 atom stereocenters. The van der Waals surface area contributed by atoms with Crippen molar-refractivity contribution in [2.75, 3.05) is 31.1 Å². The number of piperazine rings is 1. The Kier molecular flexibility index (Phi) is 4.69. The van der Waals surface area contributed by atoms with Crippen LogP contribution < -0.4 is 4.90 Å². The largest absolute Gasteiger partial charge is 0.368 e. The number of carbonyl (C=O) groups is 3. The number of hydrogen-bond acceptors (Lipinski definition) is 4. The lowest BCUT2D eigenvalue weighted by atomic mass is 10.1. The maximum atomic E-state index is 12.7. The molecule has 1 saturated heterocycles. The number of carbonyl (C=O) groups excluding carboxylic acids is 3. The predicted octanol–water partition coefficient (Wildman–Crippen LogP) is 2.90. The summed E-state index contributed by atoms with van der Waals surface area (Å²) in [6, 6.07) is 14.9. The second kappa shape index (κ2) is 7.31. The van der Waals surface area contributed by atoms with Crippen LogP contribution in [0.2, 0.25) is 0 Å². The van der Waals surface area contributed by atoms with Crippen molar-refractivity contribution in [2.45, 2.75) is 6.92 Å². The smallest absolute Gasteiger partial charge is 0.295 e. The zero-order chi connectivity index (χ0) is 19.7. The van der Waals surface area contributed by atoms with Gasteiger partial charge < -0.3 is 14.8 Å². The average Bonchev–Trinajstić information content (AvgIpc) is 3.17. The lowest BCUT2D eigenvalue weighted by molar-refractivity contribution is -0.126. The van der Waals surface area contributed by atoms with Crippen molar-refractivity contribution >= 4 is 34.1 Å². The quantitative estimate of drug-likeness (QED) is 0.562. The minimum Gasteiger partial charge on any atom is -0.368 e. The highest BCUT2D eigenvalue weighted by Gasteiger charge is 2.28. The monoisotopic (exact) mass is 375 g/mol. The van der Waals surface area contributed by atoms with Gasteiger partial charge in [0.2, 0.25) is 0 Å². The topological polar surface area (TPSA) is 73.5 Å². The van der Waals surface area contributed by atoms with E-state index in [2.05, 4.69) is 9.88 Å². The SMILES string of the molecule is CC(=O)c1ccc(N2CCN(C(=O)C(=O)c3c[nH]c4ccccc34)CC2)cc1. The number of aromatic nitrogens is 1. The third-order valence-electron chi connectivity index (χ3n) is 5.23. The van der Waals surface area contributed by atoms with Gasteiger partial charge >= 0.3 is 0 Å². The van der Waals surface area contributed by atoms with Gasteiger partial charge in [0.25, 0.3) is 11.7 Å². The van der Waals surface area contributed by atoms with E-state index in [4.69, 9.17) is 0 Å². The van der Waals surface area contributed by atoms with Crippen molar-refractivity contribution in [1.82, 2.24) is 9.88 Å². The van der Waals surface area contributed by atoms with Crippen LogP contribution in [-0.2, 0) is 4.79 Å². The molecule has 4 rings (SSSR count). The van der Waals surface area contributed by atoms with Gasteiger partial charge in [-0.05, 0) is 37.3 Å². The van der Waals surface area contributed by atoms with Gasteiger partial charge in [-0.25, -0.2) is 0 Å². The summed E-state index contributed by atoms with van der Waals surface area (Å²) in [6.45, 7) is 3.81. The maximum absolute atomic E-state index is 12.7. The number of para-hydroxylation sites is 1. The van der Waals surface area contributed by atoms with Crippen LogP contribution in [0.25, 0.3) is 10.9 Å². The third-order valence-corrected chi connectivity index (χ3v) is 5.23. The maximum Gasteiger partial charge on any atom is 0.295 e. The number of H-pyrrole nitrogens is 1. The highest BCUT2D eigenvalue weighted by Crippen LogP contribution is 2.21. The van der Waals surface area contributed by atoms with Crippen LogP contribution in [0.5, 0.6) is 0 Å². The molecule has 28 heavy (non-hydrogen) atoms. The molecule has 3 aromatic rings. The Morgan fingerprint density at radius 1 is 0.893 bits per heavy atom. The van der Waals surface area contributed by atoms with E-state index in [1.165, 1.54) is 0 Å². The molecule has 0 radical (unpaired) electrons. The molecule has 1 aliphatic heterocycles. The number of nitrogens with one attached hydrogen (secondary N) is 1. The third kappa shape index (κ3) is 3.29. The lowest BCUT2D eigenvalue weighted by Crippen LogP contribution is -2.50. The number of aromatic amines is 1. The molecule has 1 aliphatic rings. The van der Waals surface area contributed by atoms with E-state index in [1.807, 2.05) is 48.5 Å². The van der Waals surface area contributed by atoms with Crippen LogP contribution in [0, 0.1) is 0 Å². The number of ketones is 2. The molecule has 1 amide bonds. The van der Waals surface area contributed by atoms with Crippen LogP contribution in [0.3, 0.4) is 0 Å². The summed E-state index contributed by atoms with van der Waals surface area (Å²) in [5.41, 5.74) is 2.96. The Bertz CT molecular complexity index is 1040. The lowest BCUT2D eigenvalue weighted by Gasteiger charge is -2.35. The number of benzene rings is 2. The second-order valence-corrected chi connectivity index (χ2v) is 6.96. The molecule has 1 N–H and O–H groups in total. The summed E-state index contributed by atoms with van der Waals surface area (Å²) in [4.78, 5) is 43.6. The first-order valence-corrected chi connectivity index (χ1v) is 9.30. The van der Waals surface area contributed by atoms with Crippen molar-refractivity contribution in [3.05, 3.63) is 65.9 Å². The van der Waals surface area contributed by atoms with Crippen molar-refractivity contribution in [3.8, 4) is 0 Å². The summed E-state index contributed by atoms with van der Waals surface area (Å²) in [6.07, 6.45) is 1.61. The molecular weight excluding hydrogens is 354 g/mol. The molecule has 0 unspecified atom stereocenters. The number of hydrogen-bond donors (Lipinski definition) is 1. The highest BCUT2D eigenvalue weighted by molar-refractivity contribution is 6.44. The fourth-order valence-corrected chi connectivity index (χ4v) is 3.59. The average molecular weight is 375 g/mol. The van der Waals surface area contributed by atoms with E-state index < -0.39 is 11.7 Å². The molecular formula is C22H21N3O3. The molecule has 6 nitrogen and oxygen atoms in total. The summed E-state index contributed by atoms with van der Waals surface area (Å²) < 4.78 is 0. The van der Waals surface area contributed by atoms with Gasteiger partial charge in [-0.3, -0.25) is 14.4 Å². The van der Waals surface area contributed by atoms with Crippen LogP contribution in [0.1, 0.15) is 27.6 Å². The normalized spacial score (nSPS) is 14.3. The number of amides is 1. The second-order valence-electron chi connectivity index (χ2n) is 6.96. The molecule has 6 heteroatoms. The van der Waals surface area contributed by atoms with Gasteiger partial charge in [0.1, 0.15) is 0 Å². The molecule has 1 fully saturated rings. The number of rotatable bonds is 4. The Hall–Kier alpha value is -3.41. The van der Waals surface area contributed by atoms with E-state index in [-0.39, 0.29) is 5.78 Å². The first-order chi connectivity index (χ1) is 13.5. The number of fused-ring (bicyclic) bond motifs is 1. The molecule has 0 spiro atoms. The van der Waals surface area contributed by atoms with E-state index in [0.717, 1.165) is 16.6 Å². The number of Topliss-reactive ketones (excluding diaryl/α,β-unsaturated/α-hetero) is 2. The fraction of sp³-hybridized carbons (Fsp3) is 0.227. The summed E-state index contributed by atoms with van der Waals surface area (Å²) >= 11 is 0. The molecule has 142 valence electrons. The summed E-state index contributed by atoms with van der Waals surface area (Å²) in [5, 5.41) is 0.769. The van der Waals surface area contributed by atoms with Crippen LogP contribution in [0.15, 0.2) is 54.7 Å². The van der Waals surface area contributed by atoms with Gasteiger partial charge in [0.05, 0.1) is 5.56 Å². The van der Waals surface area contributed by atoms with E-state index >= 15 is 0 Å². The van der Waals surface area contributed by atoms with Crippen molar-refractivity contribution in [3.63, 3.8) is 0 Å². The number of nitrogens with zero attached hydrogens (tertiary/aromatic N) is 2. The molecule has 0 saturated carbocycles. The van der Waals surface area contributed by atoms with Gasteiger partial charge in [-0.2, -0.15) is 0 Å². The molecule has 2 heterocycles. The zero-order valence-electron chi connectivity index (χ0n) is 15.6. The summed E-state index contributed by atoms with van der Waals surface area (Å²) in [7, 11) is 0. The molecule has 2 aromatic carbocycles. The van der Waals surface area contributed by atoms with Crippen LogP contribution >= 0.6 is 0 Å². The fourth-order valence-electron chi connectivity index (χ4n) is 3.59. The van der Waals surface area contributed by atoms with Crippen LogP contribution in [-0.4, -0.2) is 53.5 Å². The van der Waals surface area contributed by atoms with Crippen molar-refractivity contribution in [1.29, 1.82) is 0 Å². The Morgan fingerprint density at radius 2 is 1.57 bits per heavy atom. The Morgan fingerprint density at radius 3 is 2.25 bits per heavy atom. The van der Waals surface area contributed by atoms with E-state index in [1.54, 1.807) is 18.0 Å². The molecule has 0 bridgehead atoms. The van der Waals surface area contributed by atoms with Gasteiger partial charge in [-0.15, -0.1) is 0 Å². The summed E-state index contributed by atoms with van der Waals surface area (Å²) in [5.74, 6) is -0.897. The van der Waals surface area contributed by atoms with Crippen molar-refractivity contribution in [2.24, 2.45) is 0 Å². The Balaban J connectivity index is 1.42. The molecule has 1 aromatic heterocycles. The standard InChI is InChI=1S/C22H21N3O3/c1-15(26)16-6-8-17(9-7-16)24-10-12-25(13-11-24)22(28)21(27)19-14-23-20-5-3-2-4-18(19)20/h2-9,14,23H,10-13H2,1H3.